The molecule has 25 nitrogen and oxygen atoms in total. The number of hydrogen-bond donors (Lipinski definition) is 7. The van der Waals surface area contributed by atoms with Crippen molar-refractivity contribution in [3.8, 4) is 6.26 Å². The number of nitriles is 1. The Hall–Kier alpha value is -5.40. The molecule has 0 unspecified atom stereocenters. The molecule has 2 aliphatic carbocycles. The van der Waals surface area contributed by atoms with Crippen LogP contribution in [-0.4, -0.2) is 148 Å². The minimum absolute atomic E-state index is 0. The molecule has 0 aromatic rings. The van der Waals surface area contributed by atoms with Crippen molar-refractivity contribution in [2.45, 2.75) is 129 Å². The van der Waals surface area contributed by atoms with Crippen LogP contribution in [0.25, 0.3) is 11.5 Å². The summed E-state index contributed by atoms with van der Waals surface area (Å²) < 4.78 is 4.49. The zero-order valence-corrected chi connectivity index (χ0v) is 43.5. The summed E-state index contributed by atoms with van der Waals surface area (Å²) in [5.74, 6) is -9.90. The van der Waals surface area contributed by atoms with E-state index in [0.717, 1.165) is 65.2 Å². The van der Waals surface area contributed by atoms with Gasteiger partial charge in [-0.2, -0.15) is 29.2 Å². The van der Waals surface area contributed by atoms with Gasteiger partial charge in [0.25, 0.3) is 41.8 Å². The number of carbonyl (C=O) groups excluding carboxylic acids is 4. The fraction of sp³-hybridized carbons (Fsp3) is 0.581. The number of carboxylic acids is 7. The maximum atomic E-state index is 11.1. The molecule has 0 aromatic carbocycles. The smallest absolute Gasteiger partial charge is 0.677 e. The number of imide groups is 2. The number of nitrogens with one attached hydrogen (secondary N) is 2. The Morgan fingerprint density at radius 3 is 1.07 bits per heavy atom. The summed E-state index contributed by atoms with van der Waals surface area (Å²) in [6, 6.07) is 0.285. The van der Waals surface area contributed by atoms with Crippen LogP contribution in [0.5, 0.6) is 0 Å². The number of unbranched alkanes of at least 4 members (excludes halogenated alkanes) is 5. The van der Waals surface area contributed by atoms with Gasteiger partial charge in [-0.05, 0) is 32.1 Å². The Morgan fingerprint density at radius 1 is 0.571 bits per heavy atom. The van der Waals surface area contributed by atoms with Gasteiger partial charge in [-0.3, -0.25) is 43.4 Å². The maximum absolute atomic E-state index is 11.1. The molecule has 27 heteroatoms. The van der Waals surface area contributed by atoms with E-state index in [-0.39, 0.29) is 89.7 Å². The SMILES string of the molecule is CC(=O)O.CC(=O)O.N#COCCCCCN1C(=O)C=CC1=O.O.O=C(O)C(=O)O.O=C(O)C(=O)O.O=C(O)CCCCCCN1C(=O)C=CC1=O.[CH2-][C@@H]1CCCC[C@H]1[NH-].[CH2-][C@@H]1CCCC[C@H]1[NH-].[Pt+2].[Pt+2]. The zero-order valence-electron chi connectivity index (χ0n) is 39.0. The predicted molar refractivity (Wildman–Crippen MR) is 239 cm³/mol. The predicted octanol–water partition coefficient (Wildman–Crippen LogP) is 4.05. The fourth-order valence-electron chi connectivity index (χ4n) is 5.28. The van der Waals surface area contributed by atoms with Gasteiger partial charge in [-0.1, -0.05) is 64.2 Å². The second kappa shape index (κ2) is 50.0. The number of ether oxygens (including phenoxy) is 1. The van der Waals surface area contributed by atoms with Crippen LogP contribution in [0.2, 0.25) is 0 Å². The molecule has 0 spiro atoms. The van der Waals surface area contributed by atoms with Crippen LogP contribution >= 0.6 is 0 Å². The van der Waals surface area contributed by atoms with E-state index < -0.39 is 41.8 Å². The third-order valence-electron chi connectivity index (χ3n) is 8.70. The van der Waals surface area contributed by atoms with Crippen LogP contribution in [-0.2, 0) is 99.6 Å². The molecule has 0 radical (unpaired) electrons. The van der Waals surface area contributed by atoms with E-state index in [1.54, 1.807) is 6.26 Å². The summed E-state index contributed by atoms with van der Waals surface area (Å²) in [6.07, 6.45) is 21.8. The van der Waals surface area contributed by atoms with Crippen molar-refractivity contribution in [2.75, 3.05) is 19.7 Å². The first kappa shape index (κ1) is 78.8. The van der Waals surface area contributed by atoms with Crippen LogP contribution in [0, 0.1) is 37.2 Å². The summed E-state index contributed by atoms with van der Waals surface area (Å²) in [7, 11) is 0. The number of carbonyl (C=O) groups is 11. The number of carboxylic acid groups (broad SMARTS) is 7. The molecule has 2 fully saturated rings. The number of aliphatic carboxylic acids is 7. The second-order valence-electron chi connectivity index (χ2n) is 14.4. The van der Waals surface area contributed by atoms with Crippen molar-refractivity contribution in [2.24, 2.45) is 11.8 Å². The van der Waals surface area contributed by atoms with Crippen LogP contribution in [0.3, 0.4) is 0 Å². The Bertz CT molecular complexity index is 1550. The van der Waals surface area contributed by atoms with Gasteiger partial charge in [0, 0.05) is 57.7 Å². The van der Waals surface area contributed by atoms with Gasteiger partial charge in [-0.25, -0.2) is 19.2 Å². The van der Waals surface area contributed by atoms with Gasteiger partial charge in [0.05, 0.1) is 0 Å². The number of nitrogens with zero attached hydrogens (tertiary/aromatic N) is 3. The summed E-state index contributed by atoms with van der Waals surface area (Å²) >= 11 is 0. The first-order chi connectivity index (χ1) is 31.2. The molecule has 404 valence electrons. The number of amides is 4. The van der Waals surface area contributed by atoms with E-state index in [9.17, 15) is 24.0 Å². The third-order valence-corrected chi connectivity index (χ3v) is 8.70. The molecule has 2 heterocycles. The van der Waals surface area contributed by atoms with Gasteiger partial charge in [0.15, 0.2) is 0 Å². The molecule has 4 amide bonds. The third kappa shape index (κ3) is 52.0. The molecule has 0 aromatic heterocycles. The van der Waals surface area contributed by atoms with Crippen molar-refractivity contribution in [3.05, 3.63) is 49.6 Å². The number of hydrogen-bond acceptors (Lipinski definition) is 13. The molecule has 0 saturated heterocycles. The monoisotopic (exact) mass is 1360 g/mol. The van der Waals surface area contributed by atoms with E-state index in [1.165, 1.54) is 72.6 Å². The minimum Gasteiger partial charge on any atom is -0.677 e. The maximum Gasteiger partial charge on any atom is 2.00 e. The van der Waals surface area contributed by atoms with Crippen LogP contribution in [0.4, 0.5) is 0 Å². The second-order valence-corrected chi connectivity index (χ2v) is 14.4. The van der Waals surface area contributed by atoms with Gasteiger partial charge < -0.3 is 71.3 Å². The van der Waals surface area contributed by atoms with E-state index in [0.29, 0.717) is 38.0 Å². The Kier molecular flexibility index (Phi) is 56.3. The summed E-state index contributed by atoms with van der Waals surface area (Å²) in [6.45, 7) is 11.2. The van der Waals surface area contributed by atoms with Crippen molar-refractivity contribution in [3.63, 3.8) is 0 Å². The molecular weight excluding hydrogens is 1300 g/mol. The van der Waals surface area contributed by atoms with Gasteiger partial charge in [-0.15, -0.1) is 0 Å². The standard InChI is InChI=1S/C11H15NO4.C10H12N2O3.2C7H13N.2C2H2O4.2C2H4O2.H2O.2Pt/c13-9-6-7-10(14)12(9)8-4-2-1-3-5-11(15)16;11-8-15-7-3-1-2-6-12-9(13)4-5-10(12)14;2*1-6-4-2-3-5-7(6)8;2*3-1(4)2(5)6;2*1-2(3)4;;;/h6-7H,1-5,8H2,(H,15,16);4-5H,1-3,6-7H2;2*6-8H,1-5H2;2*(H,3,4)(H,5,6);2*1H3,(H,3,4);1H2;;/q;;2*-2;;;;;;2*+2/t;;2*6-,7-;;;;;;;/m..11......./s1. The summed E-state index contributed by atoms with van der Waals surface area (Å²) in [5, 5.41) is 60.9. The quantitative estimate of drug-likeness (QED) is 0.0449. The molecule has 2 saturated carbocycles. The van der Waals surface area contributed by atoms with Crippen LogP contribution < -0.4 is 0 Å². The molecule has 4 aliphatic rings. The minimum atomic E-state index is -1.82. The van der Waals surface area contributed by atoms with Crippen LogP contribution in [0.1, 0.15) is 117 Å². The molecule has 4 rings (SSSR count). The van der Waals surface area contributed by atoms with Gasteiger partial charge in [0.2, 0.25) is 0 Å². The number of rotatable bonds is 13. The molecule has 4 atom stereocenters. The molecule has 11 N–H and O–H groups in total. The first-order valence-electron chi connectivity index (χ1n) is 20.9. The Morgan fingerprint density at radius 2 is 0.843 bits per heavy atom. The molecular formula is C43H67N5O20Pt2. The van der Waals surface area contributed by atoms with Crippen LogP contribution in [0.15, 0.2) is 24.3 Å². The van der Waals surface area contributed by atoms with E-state index in [1.807, 2.05) is 0 Å². The molecule has 0 bridgehead atoms. The van der Waals surface area contributed by atoms with Crippen molar-refractivity contribution in [1.29, 1.82) is 5.26 Å². The van der Waals surface area contributed by atoms with E-state index >= 15 is 0 Å². The topological polar surface area (TPSA) is 448 Å². The average Bonchev–Trinajstić information content (AvgIpc) is 3.73. The zero-order chi connectivity index (χ0) is 52.5. The van der Waals surface area contributed by atoms with Crippen molar-refractivity contribution in [1.82, 2.24) is 9.80 Å². The van der Waals surface area contributed by atoms with Crippen molar-refractivity contribution >= 4 is 65.4 Å². The van der Waals surface area contributed by atoms with Crippen molar-refractivity contribution < 1.29 is 141 Å². The fourth-order valence-corrected chi connectivity index (χ4v) is 5.28. The normalized spacial score (nSPS) is 17.6. The summed E-state index contributed by atoms with van der Waals surface area (Å²) in [4.78, 5) is 112. The Labute approximate surface area is 435 Å². The first-order valence-corrected chi connectivity index (χ1v) is 20.9. The van der Waals surface area contributed by atoms with E-state index in [2.05, 4.69) is 18.6 Å². The van der Waals surface area contributed by atoms with Gasteiger partial charge in [0.1, 0.15) is 6.61 Å². The summed E-state index contributed by atoms with van der Waals surface area (Å²) in [5.41, 5.74) is 14.8. The largest absolute Gasteiger partial charge is 2.00 e. The average molecular weight is 1360 g/mol. The van der Waals surface area contributed by atoms with Gasteiger partial charge >= 0.3 is 72.0 Å². The Balaban J connectivity index is -0.000000135. The molecule has 70 heavy (non-hydrogen) atoms. The van der Waals surface area contributed by atoms with E-state index in [4.69, 9.17) is 81.2 Å². The molecule has 2 aliphatic heterocycles.